The maximum absolute atomic E-state index is 13.0. The lowest BCUT2D eigenvalue weighted by Gasteiger charge is -2.10. The van der Waals surface area contributed by atoms with Crippen molar-refractivity contribution in [1.29, 1.82) is 0 Å². The summed E-state index contributed by atoms with van der Waals surface area (Å²) in [5.74, 6) is 0.203. The van der Waals surface area contributed by atoms with E-state index in [1.165, 1.54) is 6.07 Å². The average molecular weight is 295 g/mol. The molecule has 0 aliphatic rings. The van der Waals surface area contributed by atoms with Crippen LogP contribution in [-0.2, 0) is 13.2 Å². The van der Waals surface area contributed by atoms with Crippen LogP contribution in [0.2, 0.25) is 5.02 Å². The number of halogens is 2. The van der Waals surface area contributed by atoms with Crippen molar-refractivity contribution in [3.63, 3.8) is 0 Å². The molecule has 5 heteroatoms. The zero-order valence-electron chi connectivity index (χ0n) is 11.2. The van der Waals surface area contributed by atoms with E-state index in [0.29, 0.717) is 16.3 Å². The van der Waals surface area contributed by atoms with Gasteiger partial charge >= 0.3 is 0 Å². The Morgan fingerprint density at radius 2 is 2.10 bits per heavy atom. The van der Waals surface area contributed by atoms with Crippen LogP contribution in [0.5, 0.6) is 5.75 Å². The molecule has 0 amide bonds. The molecule has 0 fully saturated rings. The van der Waals surface area contributed by atoms with E-state index in [1.807, 2.05) is 25.1 Å². The summed E-state index contributed by atoms with van der Waals surface area (Å²) < 4.78 is 18.6. The summed E-state index contributed by atoms with van der Waals surface area (Å²) in [6.07, 6.45) is 2.72. The quantitative estimate of drug-likeness (QED) is 0.884. The molecule has 1 N–H and O–H groups in total. The number of rotatable bonds is 6. The third-order valence-electron chi connectivity index (χ3n) is 2.73. The summed E-state index contributed by atoms with van der Waals surface area (Å²) >= 11 is 6.16. The summed E-state index contributed by atoms with van der Waals surface area (Å²) in [4.78, 5) is 3.77. The normalized spacial score (nSPS) is 10.6. The van der Waals surface area contributed by atoms with Crippen molar-refractivity contribution in [2.24, 2.45) is 0 Å². The minimum Gasteiger partial charge on any atom is -0.487 e. The van der Waals surface area contributed by atoms with E-state index in [9.17, 15) is 4.39 Å². The Hall–Kier alpha value is -1.65. The van der Waals surface area contributed by atoms with Gasteiger partial charge in [0.05, 0.1) is 11.2 Å². The topological polar surface area (TPSA) is 34.1 Å². The van der Waals surface area contributed by atoms with E-state index in [4.69, 9.17) is 16.3 Å². The molecule has 0 spiro atoms. The molecular formula is C15H16ClFN2O. The fourth-order valence-corrected chi connectivity index (χ4v) is 1.99. The van der Waals surface area contributed by atoms with Gasteiger partial charge in [0.25, 0.3) is 0 Å². The number of aromatic nitrogens is 1. The highest BCUT2D eigenvalue weighted by molar-refractivity contribution is 6.32. The number of benzene rings is 1. The molecule has 0 saturated carbocycles. The minimum atomic E-state index is -0.377. The molecule has 0 atom stereocenters. The van der Waals surface area contributed by atoms with Crippen LogP contribution in [0.3, 0.4) is 0 Å². The van der Waals surface area contributed by atoms with Crippen LogP contribution >= 0.6 is 11.6 Å². The van der Waals surface area contributed by atoms with Gasteiger partial charge in [-0.15, -0.1) is 0 Å². The Kier molecular flexibility index (Phi) is 5.32. The lowest BCUT2D eigenvalue weighted by molar-refractivity contribution is 0.305. The number of nitrogens with one attached hydrogen (secondary N) is 1. The van der Waals surface area contributed by atoms with Crippen molar-refractivity contribution < 1.29 is 9.13 Å². The van der Waals surface area contributed by atoms with E-state index >= 15 is 0 Å². The largest absolute Gasteiger partial charge is 0.487 e. The maximum Gasteiger partial charge on any atom is 0.141 e. The molecule has 0 aliphatic carbocycles. The highest BCUT2D eigenvalue weighted by Crippen LogP contribution is 2.26. The lowest BCUT2D eigenvalue weighted by Crippen LogP contribution is -2.11. The highest BCUT2D eigenvalue weighted by Gasteiger charge is 2.04. The number of hydrogen-bond acceptors (Lipinski definition) is 3. The van der Waals surface area contributed by atoms with Gasteiger partial charge in [0.15, 0.2) is 0 Å². The Bertz CT molecular complexity index is 578. The van der Waals surface area contributed by atoms with Gasteiger partial charge in [-0.25, -0.2) is 4.39 Å². The summed E-state index contributed by atoms with van der Waals surface area (Å²) in [5, 5.41) is 3.77. The molecule has 2 aromatic rings. The van der Waals surface area contributed by atoms with Gasteiger partial charge in [0.2, 0.25) is 0 Å². The van der Waals surface area contributed by atoms with Gasteiger partial charge < -0.3 is 10.1 Å². The molecule has 0 saturated heterocycles. The predicted molar refractivity (Wildman–Crippen MR) is 77.4 cm³/mol. The minimum absolute atomic E-state index is 0.233. The molecule has 1 aromatic carbocycles. The van der Waals surface area contributed by atoms with Crippen LogP contribution in [0.1, 0.15) is 18.1 Å². The monoisotopic (exact) mass is 294 g/mol. The number of pyridine rings is 1. The highest BCUT2D eigenvalue weighted by atomic mass is 35.5. The van der Waals surface area contributed by atoms with Crippen molar-refractivity contribution in [3.05, 3.63) is 58.6 Å². The van der Waals surface area contributed by atoms with Crippen LogP contribution in [-0.4, -0.2) is 11.5 Å². The zero-order chi connectivity index (χ0) is 14.4. The van der Waals surface area contributed by atoms with Gasteiger partial charge in [-0.2, -0.15) is 0 Å². The number of ether oxygens (including phenoxy) is 1. The van der Waals surface area contributed by atoms with Crippen LogP contribution in [0.15, 0.2) is 36.7 Å². The molecule has 0 aliphatic heterocycles. The average Bonchev–Trinajstić information content (AvgIpc) is 2.44. The summed E-state index contributed by atoms with van der Waals surface area (Å²) in [5.41, 5.74) is 1.76. The Balaban J connectivity index is 1.99. The smallest absolute Gasteiger partial charge is 0.141 e. The summed E-state index contributed by atoms with van der Waals surface area (Å²) in [6.45, 7) is 3.95. The Morgan fingerprint density at radius 1 is 1.25 bits per heavy atom. The van der Waals surface area contributed by atoms with Crippen molar-refractivity contribution >= 4 is 11.6 Å². The molecule has 1 heterocycles. The van der Waals surface area contributed by atoms with E-state index in [0.717, 1.165) is 24.8 Å². The second-order valence-corrected chi connectivity index (χ2v) is 4.75. The van der Waals surface area contributed by atoms with E-state index in [1.54, 1.807) is 6.20 Å². The molecule has 0 unspecified atom stereocenters. The van der Waals surface area contributed by atoms with Gasteiger partial charge in [0.1, 0.15) is 18.2 Å². The third-order valence-corrected chi connectivity index (χ3v) is 3.03. The first-order chi connectivity index (χ1) is 9.69. The molecular weight excluding hydrogens is 279 g/mol. The fraction of sp³-hybridized carbons (Fsp3) is 0.267. The molecule has 0 radical (unpaired) electrons. The molecule has 20 heavy (non-hydrogen) atoms. The van der Waals surface area contributed by atoms with Crippen molar-refractivity contribution in [1.82, 2.24) is 10.3 Å². The van der Waals surface area contributed by atoms with Gasteiger partial charge in [-0.3, -0.25) is 4.98 Å². The Labute approximate surface area is 122 Å². The fourth-order valence-electron chi connectivity index (χ4n) is 1.74. The first-order valence-corrected chi connectivity index (χ1v) is 6.78. The van der Waals surface area contributed by atoms with E-state index < -0.39 is 0 Å². The van der Waals surface area contributed by atoms with Gasteiger partial charge in [-0.1, -0.05) is 24.6 Å². The standard InChI is InChI=1S/C15H16ClFN2O/c1-2-18-7-11-3-4-15(14(16)6-11)20-10-12-5-13(17)9-19-8-12/h3-6,8-9,18H,2,7,10H2,1H3. The van der Waals surface area contributed by atoms with E-state index in [2.05, 4.69) is 10.3 Å². The van der Waals surface area contributed by atoms with Crippen LogP contribution < -0.4 is 10.1 Å². The SMILES string of the molecule is CCNCc1ccc(OCc2cncc(F)c2)c(Cl)c1. The first-order valence-electron chi connectivity index (χ1n) is 6.40. The molecule has 106 valence electrons. The van der Waals surface area contributed by atoms with Gasteiger partial charge in [-0.05, 0) is 30.3 Å². The van der Waals surface area contributed by atoms with Gasteiger partial charge in [0, 0.05) is 18.3 Å². The third kappa shape index (κ3) is 4.18. The second-order valence-electron chi connectivity index (χ2n) is 4.35. The van der Waals surface area contributed by atoms with Crippen LogP contribution in [0, 0.1) is 5.82 Å². The maximum atomic E-state index is 13.0. The molecule has 1 aromatic heterocycles. The molecule has 2 rings (SSSR count). The first kappa shape index (κ1) is 14.8. The predicted octanol–water partition coefficient (Wildman–Crippen LogP) is 3.56. The summed E-state index contributed by atoms with van der Waals surface area (Å²) in [6, 6.07) is 7.03. The Morgan fingerprint density at radius 3 is 2.80 bits per heavy atom. The summed E-state index contributed by atoms with van der Waals surface area (Å²) in [7, 11) is 0. The molecule has 3 nitrogen and oxygen atoms in total. The van der Waals surface area contributed by atoms with Crippen molar-refractivity contribution in [3.8, 4) is 5.75 Å². The van der Waals surface area contributed by atoms with E-state index in [-0.39, 0.29) is 12.4 Å². The van der Waals surface area contributed by atoms with Crippen LogP contribution in [0.4, 0.5) is 4.39 Å². The van der Waals surface area contributed by atoms with Crippen molar-refractivity contribution in [2.75, 3.05) is 6.54 Å². The van der Waals surface area contributed by atoms with Crippen LogP contribution in [0.25, 0.3) is 0 Å². The lowest BCUT2D eigenvalue weighted by atomic mass is 10.2. The second kappa shape index (κ2) is 7.22. The van der Waals surface area contributed by atoms with Crippen molar-refractivity contribution in [2.45, 2.75) is 20.1 Å². The number of nitrogens with zero attached hydrogens (tertiary/aromatic N) is 1. The zero-order valence-corrected chi connectivity index (χ0v) is 12.0. The molecule has 0 bridgehead atoms. The number of hydrogen-bond donors (Lipinski definition) is 1.